The summed E-state index contributed by atoms with van der Waals surface area (Å²) in [6, 6.07) is 0. The maximum atomic E-state index is 13.2. The Bertz CT molecular complexity index is 955. The molecular weight excluding hydrogens is 494 g/mol. The van der Waals surface area contributed by atoms with Gasteiger partial charge in [-0.05, 0) is 94.3 Å². The van der Waals surface area contributed by atoms with E-state index in [0.29, 0.717) is 55.3 Å². The number of ether oxygens (including phenoxy) is 4. The lowest BCUT2D eigenvalue weighted by Gasteiger charge is -2.63. The summed E-state index contributed by atoms with van der Waals surface area (Å²) in [5.74, 6) is 2.57. The Morgan fingerprint density at radius 2 is 1.92 bits per heavy atom. The van der Waals surface area contributed by atoms with Gasteiger partial charge in [-0.15, -0.1) is 0 Å². The van der Waals surface area contributed by atoms with E-state index in [2.05, 4.69) is 19.9 Å². The number of carbonyl (C=O) groups excluding carboxylic acids is 2. The number of hydrogen-bond donors (Lipinski definition) is 1. The monoisotopic (exact) mass is 545 g/mol. The van der Waals surface area contributed by atoms with Crippen molar-refractivity contribution in [1.29, 1.82) is 0 Å². The zero-order chi connectivity index (χ0) is 28.1. The largest absolute Gasteiger partial charge is 0.469 e. The first-order chi connectivity index (χ1) is 18.4. The Labute approximate surface area is 234 Å². The van der Waals surface area contributed by atoms with Crippen LogP contribution in [0.2, 0.25) is 0 Å². The summed E-state index contributed by atoms with van der Waals surface area (Å²) in [4.78, 5) is 25.4. The molecule has 2 bridgehead atoms. The van der Waals surface area contributed by atoms with Crippen LogP contribution >= 0.6 is 0 Å². The molecule has 2 N–H and O–H groups in total. The van der Waals surface area contributed by atoms with Gasteiger partial charge >= 0.3 is 11.9 Å². The van der Waals surface area contributed by atoms with Crippen molar-refractivity contribution >= 4 is 11.9 Å². The van der Waals surface area contributed by atoms with Gasteiger partial charge in [-0.2, -0.15) is 0 Å². The third-order valence-electron chi connectivity index (χ3n) is 10.7. The standard InChI is InChI=1S/C32H51NO6/c1-18(2)13-20-7-8-21-22-9-11-26-24-15-37-17-32(26,25(22)12-10-23(21)28(20)30(35)36-6)14-27(39-19(3)34)29(24)38-16-31(4,5)33/h12,18,20-24,26-29H,7-11,13-17,33H2,1-6H3/t20?,21?,22?,23?,24?,26?,27-,28?,29-,32-/m1/s1. The van der Waals surface area contributed by atoms with Crippen LogP contribution in [0.25, 0.3) is 0 Å². The van der Waals surface area contributed by atoms with Crippen molar-refractivity contribution in [3.8, 4) is 0 Å². The highest BCUT2D eigenvalue weighted by Crippen LogP contribution is 2.65. The summed E-state index contributed by atoms with van der Waals surface area (Å²) < 4.78 is 24.2. The molecule has 5 rings (SSSR count). The molecule has 220 valence electrons. The van der Waals surface area contributed by atoms with E-state index in [4.69, 9.17) is 24.7 Å². The van der Waals surface area contributed by atoms with Crippen LogP contribution in [0.4, 0.5) is 0 Å². The average Bonchev–Trinajstić information content (AvgIpc) is 2.85. The maximum Gasteiger partial charge on any atom is 0.309 e. The molecular formula is C32H51NO6. The summed E-state index contributed by atoms with van der Waals surface area (Å²) in [6.07, 6.45) is 9.23. The molecule has 0 radical (unpaired) electrons. The van der Waals surface area contributed by atoms with E-state index < -0.39 is 5.54 Å². The number of carbonyl (C=O) groups is 2. The van der Waals surface area contributed by atoms with E-state index in [0.717, 1.165) is 38.5 Å². The second-order valence-corrected chi connectivity index (χ2v) is 14.5. The molecule has 4 aliphatic carbocycles. The molecule has 0 spiro atoms. The molecule has 7 unspecified atom stereocenters. The minimum atomic E-state index is -0.464. The Morgan fingerprint density at radius 1 is 1.15 bits per heavy atom. The lowest BCUT2D eigenvalue weighted by molar-refractivity contribution is -0.226. The maximum absolute atomic E-state index is 13.2. The quantitative estimate of drug-likeness (QED) is 0.359. The van der Waals surface area contributed by atoms with Gasteiger partial charge in [0.25, 0.3) is 0 Å². The molecule has 0 aromatic heterocycles. The van der Waals surface area contributed by atoms with Crippen molar-refractivity contribution < 1.29 is 28.5 Å². The Balaban J connectivity index is 1.46. The van der Waals surface area contributed by atoms with E-state index in [1.165, 1.54) is 18.9 Å². The first-order valence-corrected chi connectivity index (χ1v) is 15.4. The van der Waals surface area contributed by atoms with Crippen molar-refractivity contribution in [2.24, 2.45) is 58.5 Å². The number of nitrogens with two attached hydrogens (primary N) is 1. The SMILES string of the molecule is COC(=O)C1C(CC(C)C)CCC2C3CCC4C5COC[C@]4(C[C@@H](OC(C)=O)[C@@H]5OCC(C)(C)N)C3=CCC21. The van der Waals surface area contributed by atoms with Crippen LogP contribution in [0.3, 0.4) is 0 Å². The topological polar surface area (TPSA) is 97.1 Å². The molecule has 1 heterocycles. The highest BCUT2D eigenvalue weighted by molar-refractivity contribution is 5.73. The Kier molecular flexibility index (Phi) is 8.27. The van der Waals surface area contributed by atoms with Gasteiger partial charge < -0.3 is 24.7 Å². The van der Waals surface area contributed by atoms with Crippen LogP contribution in [0, 0.1) is 52.8 Å². The second kappa shape index (κ2) is 11.1. The highest BCUT2D eigenvalue weighted by atomic mass is 16.6. The van der Waals surface area contributed by atoms with E-state index in [9.17, 15) is 9.59 Å². The van der Waals surface area contributed by atoms with Crippen LogP contribution in [0.1, 0.15) is 79.6 Å². The van der Waals surface area contributed by atoms with Crippen LogP contribution in [-0.2, 0) is 28.5 Å². The minimum absolute atomic E-state index is 0.0166. The number of methoxy groups -OCH3 is 1. The number of allylic oxidation sites excluding steroid dienone is 1. The summed E-state index contributed by atoms with van der Waals surface area (Å²) in [5.41, 5.74) is 7.20. The molecule has 10 atom stereocenters. The predicted molar refractivity (Wildman–Crippen MR) is 148 cm³/mol. The van der Waals surface area contributed by atoms with Gasteiger partial charge in [0, 0.05) is 23.8 Å². The Morgan fingerprint density at radius 3 is 2.59 bits per heavy atom. The average molecular weight is 546 g/mol. The lowest BCUT2D eigenvalue weighted by Crippen LogP contribution is -2.64. The normalized spacial score (nSPS) is 41.5. The molecule has 39 heavy (non-hydrogen) atoms. The molecule has 0 aromatic carbocycles. The number of esters is 2. The molecule has 3 saturated carbocycles. The fourth-order valence-corrected chi connectivity index (χ4v) is 9.62. The third kappa shape index (κ3) is 5.44. The highest BCUT2D eigenvalue weighted by Gasteiger charge is 2.63. The first kappa shape index (κ1) is 29.1. The van der Waals surface area contributed by atoms with Gasteiger partial charge in [-0.1, -0.05) is 25.5 Å². The zero-order valence-corrected chi connectivity index (χ0v) is 24.9. The van der Waals surface area contributed by atoms with E-state index >= 15 is 0 Å². The molecule has 0 aromatic rings. The van der Waals surface area contributed by atoms with Gasteiger partial charge in [0.2, 0.25) is 0 Å². The van der Waals surface area contributed by atoms with Crippen molar-refractivity contribution in [3.05, 3.63) is 11.6 Å². The zero-order valence-electron chi connectivity index (χ0n) is 24.9. The minimum Gasteiger partial charge on any atom is -0.469 e. The summed E-state index contributed by atoms with van der Waals surface area (Å²) in [5, 5.41) is 0. The van der Waals surface area contributed by atoms with E-state index in [1.54, 1.807) is 7.11 Å². The number of fused-ring (bicyclic) bond motifs is 3. The fourth-order valence-electron chi connectivity index (χ4n) is 9.62. The van der Waals surface area contributed by atoms with Crippen LogP contribution in [-0.4, -0.2) is 56.6 Å². The van der Waals surface area contributed by atoms with Crippen molar-refractivity contribution in [3.63, 3.8) is 0 Å². The molecule has 4 fully saturated rings. The molecule has 1 saturated heterocycles. The predicted octanol–water partition coefficient (Wildman–Crippen LogP) is 4.91. The molecule has 7 heteroatoms. The van der Waals surface area contributed by atoms with Gasteiger partial charge in [0.1, 0.15) is 6.10 Å². The summed E-state index contributed by atoms with van der Waals surface area (Å²) in [6.45, 7) is 11.7. The first-order valence-electron chi connectivity index (χ1n) is 15.4. The van der Waals surface area contributed by atoms with Gasteiger partial charge in [-0.25, -0.2) is 0 Å². The third-order valence-corrected chi connectivity index (χ3v) is 10.7. The number of rotatable bonds is 7. The molecule has 1 aliphatic heterocycles. The van der Waals surface area contributed by atoms with E-state index in [1.807, 2.05) is 13.8 Å². The van der Waals surface area contributed by atoms with Crippen molar-refractivity contribution in [1.82, 2.24) is 0 Å². The second-order valence-electron chi connectivity index (χ2n) is 14.5. The van der Waals surface area contributed by atoms with E-state index in [-0.39, 0.29) is 41.4 Å². The van der Waals surface area contributed by atoms with Crippen LogP contribution in [0.15, 0.2) is 11.6 Å². The molecule has 5 aliphatic rings. The smallest absolute Gasteiger partial charge is 0.309 e. The lowest BCUT2D eigenvalue weighted by atomic mass is 9.45. The van der Waals surface area contributed by atoms with Crippen LogP contribution < -0.4 is 5.73 Å². The van der Waals surface area contributed by atoms with Crippen molar-refractivity contribution in [2.45, 2.75) is 97.3 Å². The fraction of sp³-hybridized carbons (Fsp3) is 0.875. The number of hydrogen-bond acceptors (Lipinski definition) is 7. The molecule has 7 nitrogen and oxygen atoms in total. The summed E-state index contributed by atoms with van der Waals surface area (Å²) >= 11 is 0. The van der Waals surface area contributed by atoms with Crippen molar-refractivity contribution in [2.75, 3.05) is 26.9 Å². The van der Waals surface area contributed by atoms with Gasteiger partial charge in [-0.3, -0.25) is 9.59 Å². The molecule has 0 amide bonds. The van der Waals surface area contributed by atoms with Gasteiger partial charge in [0.15, 0.2) is 0 Å². The van der Waals surface area contributed by atoms with Gasteiger partial charge in [0.05, 0.1) is 39.0 Å². The summed E-state index contributed by atoms with van der Waals surface area (Å²) in [7, 11) is 1.55. The Hall–Kier alpha value is -1.44. The van der Waals surface area contributed by atoms with Crippen LogP contribution in [0.5, 0.6) is 0 Å².